The Kier molecular flexibility index (Phi) is 9.28. The summed E-state index contributed by atoms with van der Waals surface area (Å²) in [5, 5.41) is 1.27. The molecule has 0 N–H and O–H groups in total. The molecule has 1 fully saturated rings. The summed E-state index contributed by atoms with van der Waals surface area (Å²) in [5.41, 5.74) is 1.71. The topological polar surface area (TPSA) is 9.23 Å². The molecule has 3 aromatic carbocycles. The molecule has 0 amide bonds. The van der Waals surface area contributed by atoms with Crippen LogP contribution in [-0.2, 0) is 6.42 Å². The lowest BCUT2D eigenvalue weighted by molar-refractivity contribution is -0.0521. The number of hydrogen-bond acceptors (Lipinski definition) is 1. The van der Waals surface area contributed by atoms with Crippen LogP contribution >= 0.6 is 0 Å². The monoisotopic (exact) mass is 500 g/mol. The third-order valence-electron chi connectivity index (χ3n) is 7.75. The molecular formula is C31H36F4O. The predicted molar refractivity (Wildman–Crippen MR) is 138 cm³/mol. The van der Waals surface area contributed by atoms with Gasteiger partial charge in [-0.3, -0.25) is 0 Å². The van der Waals surface area contributed by atoms with Crippen LogP contribution in [0.5, 0.6) is 5.75 Å². The number of hydrogen-bond donors (Lipinski definition) is 0. The Bertz CT molecular complexity index is 1130. The van der Waals surface area contributed by atoms with Crippen LogP contribution in [0.2, 0.25) is 0 Å². The van der Waals surface area contributed by atoms with Gasteiger partial charge in [-0.1, -0.05) is 101 Å². The first kappa shape index (κ1) is 26.5. The molecule has 1 aliphatic carbocycles. The van der Waals surface area contributed by atoms with Gasteiger partial charge in [0.25, 0.3) is 0 Å². The minimum atomic E-state index is -3.12. The van der Waals surface area contributed by atoms with E-state index in [2.05, 4.69) is 11.7 Å². The van der Waals surface area contributed by atoms with Crippen LogP contribution in [0.25, 0.3) is 21.9 Å². The van der Waals surface area contributed by atoms with Crippen LogP contribution in [0.3, 0.4) is 0 Å². The van der Waals surface area contributed by atoms with Crippen molar-refractivity contribution in [2.45, 2.75) is 84.2 Å². The minimum Gasteiger partial charge on any atom is -0.432 e. The van der Waals surface area contributed by atoms with Gasteiger partial charge in [-0.25, -0.2) is 8.78 Å². The number of fused-ring (bicyclic) bond motifs is 1. The summed E-state index contributed by atoms with van der Waals surface area (Å²) < 4.78 is 58.4. The first-order valence-corrected chi connectivity index (χ1v) is 13.4. The second-order valence-electron chi connectivity index (χ2n) is 10.3. The number of halogens is 4. The van der Waals surface area contributed by atoms with Gasteiger partial charge in [0.15, 0.2) is 11.6 Å². The Morgan fingerprint density at radius 2 is 1.58 bits per heavy atom. The molecule has 0 spiro atoms. The highest BCUT2D eigenvalue weighted by molar-refractivity contribution is 5.88. The van der Waals surface area contributed by atoms with Crippen LogP contribution in [0.4, 0.5) is 17.6 Å². The Morgan fingerprint density at radius 1 is 0.833 bits per heavy atom. The van der Waals surface area contributed by atoms with Crippen molar-refractivity contribution in [3.63, 3.8) is 0 Å². The average Bonchev–Trinajstić information content (AvgIpc) is 2.87. The van der Waals surface area contributed by atoms with Gasteiger partial charge in [0, 0.05) is 10.9 Å². The Hall–Kier alpha value is -2.56. The summed E-state index contributed by atoms with van der Waals surface area (Å²) >= 11 is 0. The van der Waals surface area contributed by atoms with Crippen molar-refractivity contribution in [2.75, 3.05) is 0 Å². The van der Waals surface area contributed by atoms with Gasteiger partial charge in [-0.15, -0.1) is 0 Å². The summed E-state index contributed by atoms with van der Waals surface area (Å²) in [6.07, 6.45) is 14.3. The van der Waals surface area contributed by atoms with Crippen LogP contribution in [0.1, 0.15) is 76.7 Å². The molecule has 0 saturated heterocycles. The fourth-order valence-corrected chi connectivity index (χ4v) is 5.62. The number of ether oxygens (including phenoxy) is 1. The van der Waals surface area contributed by atoms with Crippen LogP contribution in [0, 0.1) is 23.5 Å². The van der Waals surface area contributed by atoms with Gasteiger partial charge >= 0.3 is 6.61 Å². The van der Waals surface area contributed by atoms with Crippen molar-refractivity contribution in [3.05, 3.63) is 65.7 Å². The maximum Gasteiger partial charge on any atom is 0.387 e. The van der Waals surface area contributed by atoms with E-state index in [9.17, 15) is 13.2 Å². The van der Waals surface area contributed by atoms with Gasteiger partial charge in [0.2, 0.25) is 0 Å². The zero-order chi connectivity index (χ0) is 25.5. The van der Waals surface area contributed by atoms with Crippen molar-refractivity contribution in [1.82, 2.24) is 0 Å². The Balaban J connectivity index is 1.36. The lowest BCUT2D eigenvalue weighted by atomic mass is 9.77. The van der Waals surface area contributed by atoms with Crippen LogP contribution < -0.4 is 4.74 Å². The standard InChI is InChI=1S/C31H36F4O/c1-2-3-4-5-6-21-7-9-22(10-8-21)11-12-23-13-16-26-24(19-23)14-17-27(30(26)33)25-15-18-29(28(32)20-25)36-31(34)35/h13-22,31H,2-12H2,1H3. The fraction of sp³-hybridized carbons (Fsp3) is 0.484. The van der Waals surface area contributed by atoms with Crippen molar-refractivity contribution in [2.24, 2.45) is 11.8 Å². The molecular weight excluding hydrogens is 464 g/mol. The second kappa shape index (κ2) is 12.6. The summed E-state index contributed by atoms with van der Waals surface area (Å²) in [5.74, 6) is -0.262. The molecule has 194 valence electrons. The highest BCUT2D eigenvalue weighted by Crippen LogP contribution is 2.35. The Labute approximate surface area is 211 Å². The molecule has 0 aliphatic heterocycles. The lowest BCUT2D eigenvalue weighted by Crippen LogP contribution is -2.15. The minimum absolute atomic E-state index is 0.226. The van der Waals surface area contributed by atoms with E-state index in [4.69, 9.17) is 0 Å². The molecule has 36 heavy (non-hydrogen) atoms. The van der Waals surface area contributed by atoms with E-state index < -0.39 is 24.0 Å². The van der Waals surface area contributed by atoms with Gasteiger partial charge in [-0.2, -0.15) is 8.78 Å². The van der Waals surface area contributed by atoms with Crippen molar-refractivity contribution in [3.8, 4) is 16.9 Å². The number of benzene rings is 3. The molecule has 0 bridgehead atoms. The maximum absolute atomic E-state index is 15.3. The van der Waals surface area contributed by atoms with E-state index in [1.54, 1.807) is 12.1 Å². The van der Waals surface area contributed by atoms with Gasteiger partial charge < -0.3 is 4.74 Å². The quantitative estimate of drug-likeness (QED) is 0.188. The van der Waals surface area contributed by atoms with Crippen molar-refractivity contribution >= 4 is 10.8 Å². The fourth-order valence-electron chi connectivity index (χ4n) is 5.62. The summed E-state index contributed by atoms with van der Waals surface area (Å²) in [7, 11) is 0. The number of rotatable bonds is 11. The molecule has 3 aromatic rings. The van der Waals surface area contributed by atoms with Gasteiger partial charge in [0.05, 0.1) is 0 Å². The molecule has 5 heteroatoms. The first-order valence-electron chi connectivity index (χ1n) is 13.4. The lowest BCUT2D eigenvalue weighted by Gasteiger charge is -2.28. The summed E-state index contributed by atoms with van der Waals surface area (Å²) in [6, 6.07) is 12.8. The smallest absolute Gasteiger partial charge is 0.387 e. The SMILES string of the molecule is CCCCCCC1CCC(CCc2ccc3c(F)c(-c4ccc(OC(F)F)c(F)c4)ccc3c2)CC1. The second-order valence-corrected chi connectivity index (χ2v) is 10.3. The van der Waals surface area contributed by atoms with Crippen molar-refractivity contribution in [1.29, 1.82) is 0 Å². The average molecular weight is 501 g/mol. The molecule has 1 saturated carbocycles. The maximum atomic E-state index is 15.3. The van der Waals surface area contributed by atoms with Gasteiger partial charge in [0.1, 0.15) is 5.82 Å². The Morgan fingerprint density at radius 3 is 2.28 bits per heavy atom. The molecule has 0 atom stereocenters. The van der Waals surface area contributed by atoms with E-state index in [1.165, 1.54) is 75.8 Å². The third-order valence-corrected chi connectivity index (χ3v) is 7.75. The molecule has 1 aliphatic rings. The predicted octanol–water partition coefficient (Wildman–Crippen LogP) is 10.1. The van der Waals surface area contributed by atoms with E-state index in [0.29, 0.717) is 5.39 Å². The highest BCUT2D eigenvalue weighted by Gasteiger charge is 2.21. The summed E-state index contributed by atoms with van der Waals surface area (Å²) in [4.78, 5) is 0. The number of unbranched alkanes of at least 4 members (excludes halogenated alkanes) is 3. The number of alkyl halides is 2. The largest absolute Gasteiger partial charge is 0.432 e. The molecule has 1 nitrogen and oxygen atoms in total. The van der Waals surface area contributed by atoms with E-state index >= 15 is 4.39 Å². The summed E-state index contributed by atoms with van der Waals surface area (Å²) in [6.45, 7) is -0.859. The molecule has 0 unspecified atom stereocenters. The molecule has 4 rings (SSSR count). The van der Waals surface area contributed by atoms with Crippen LogP contribution in [-0.4, -0.2) is 6.61 Å². The van der Waals surface area contributed by atoms with Crippen molar-refractivity contribution < 1.29 is 22.3 Å². The molecule has 0 heterocycles. The zero-order valence-corrected chi connectivity index (χ0v) is 21.0. The molecule has 0 aromatic heterocycles. The van der Waals surface area contributed by atoms with E-state index in [0.717, 1.165) is 35.8 Å². The van der Waals surface area contributed by atoms with Crippen LogP contribution in [0.15, 0.2) is 48.5 Å². The molecule has 0 radical (unpaired) electrons. The highest BCUT2D eigenvalue weighted by atomic mass is 19.3. The van der Waals surface area contributed by atoms with E-state index in [1.807, 2.05) is 18.2 Å². The van der Waals surface area contributed by atoms with E-state index in [-0.39, 0.29) is 11.1 Å². The number of aryl methyl sites for hydroxylation is 1. The normalized spacial score (nSPS) is 18.2. The van der Waals surface area contributed by atoms with Gasteiger partial charge in [-0.05, 0) is 53.3 Å². The third kappa shape index (κ3) is 6.80. The first-order chi connectivity index (χ1) is 17.4. The zero-order valence-electron chi connectivity index (χ0n) is 21.0.